The Morgan fingerprint density at radius 2 is 2.00 bits per heavy atom. The third-order valence-corrected chi connectivity index (χ3v) is 5.05. The third-order valence-electron chi connectivity index (χ3n) is 5.05. The zero-order chi connectivity index (χ0) is 21.0. The first-order valence-electron chi connectivity index (χ1n) is 9.90. The van der Waals surface area contributed by atoms with E-state index in [1.807, 2.05) is 44.2 Å². The van der Waals surface area contributed by atoms with Crippen molar-refractivity contribution in [1.82, 2.24) is 20.7 Å². The van der Waals surface area contributed by atoms with Gasteiger partial charge >= 0.3 is 12.1 Å². The van der Waals surface area contributed by atoms with E-state index in [0.717, 1.165) is 10.6 Å². The summed E-state index contributed by atoms with van der Waals surface area (Å²) in [6.45, 7) is 4.64. The number of nitrogens with one attached hydrogen (secondary N) is 2. The minimum atomic E-state index is -1.33. The summed E-state index contributed by atoms with van der Waals surface area (Å²) in [6.07, 6.45) is -1.26. The van der Waals surface area contributed by atoms with Crippen molar-refractivity contribution in [3.63, 3.8) is 0 Å². The van der Waals surface area contributed by atoms with Crippen LogP contribution in [-0.4, -0.2) is 58.5 Å². The average molecular weight is 404 g/mol. The number of aliphatic hydroxyl groups excluding tert-OH is 1. The van der Waals surface area contributed by atoms with E-state index in [1.54, 1.807) is 0 Å². The van der Waals surface area contributed by atoms with Gasteiger partial charge in [-0.05, 0) is 24.3 Å². The number of rotatable bonds is 6. The number of urea groups is 1. The Labute approximate surface area is 170 Å². The molecule has 0 radical (unpaired) electrons. The first kappa shape index (κ1) is 20.9. The molecule has 158 valence electrons. The van der Waals surface area contributed by atoms with Crippen LogP contribution in [0.2, 0.25) is 0 Å². The van der Waals surface area contributed by atoms with Crippen LogP contribution in [0.3, 0.4) is 0 Å². The molecule has 0 saturated carbocycles. The lowest BCUT2D eigenvalue weighted by molar-refractivity contribution is -0.137. The number of carbonyl (C=O) groups is 3. The molecule has 2 unspecified atom stereocenters. The van der Waals surface area contributed by atoms with Crippen molar-refractivity contribution >= 4 is 18.0 Å². The van der Waals surface area contributed by atoms with E-state index in [4.69, 9.17) is 4.74 Å². The number of ether oxygens (including phenoxy) is 1. The van der Waals surface area contributed by atoms with E-state index < -0.39 is 24.4 Å². The van der Waals surface area contributed by atoms with Crippen molar-refractivity contribution in [1.29, 1.82) is 0 Å². The largest absolute Gasteiger partial charge is 0.443 e. The van der Waals surface area contributed by atoms with Crippen molar-refractivity contribution < 1.29 is 24.2 Å². The van der Waals surface area contributed by atoms with Crippen molar-refractivity contribution in [2.75, 3.05) is 13.1 Å². The van der Waals surface area contributed by atoms with Crippen molar-refractivity contribution in [2.45, 2.75) is 45.6 Å². The van der Waals surface area contributed by atoms with Crippen LogP contribution < -0.4 is 10.6 Å². The van der Waals surface area contributed by atoms with Crippen LogP contribution in [0.4, 0.5) is 9.59 Å². The van der Waals surface area contributed by atoms with Gasteiger partial charge in [0, 0.05) is 19.0 Å². The summed E-state index contributed by atoms with van der Waals surface area (Å²) >= 11 is 0. The highest BCUT2D eigenvalue weighted by molar-refractivity contribution is 5.82. The molecule has 3 atom stereocenters. The lowest BCUT2D eigenvalue weighted by Crippen LogP contribution is -2.69. The van der Waals surface area contributed by atoms with Gasteiger partial charge in [0.15, 0.2) is 6.23 Å². The summed E-state index contributed by atoms with van der Waals surface area (Å²) in [5.74, 6) is -0.349. The Morgan fingerprint density at radius 3 is 2.62 bits per heavy atom. The van der Waals surface area contributed by atoms with Crippen molar-refractivity contribution in [3.05, 3.63) is 35.9 Å². The quantitative estimate of drug-likeness (QED) is 0.664. The van der Waals surface area contributed by atoms with Gasteiger partial charge in [0.05, 0.1) is 6.04 Å². The highest BCUT2D eigenvalue weighted by atomic mass is 16.6. The van der Waals surface area contributed by atoms with Gasteiger partial charge in [-0.1, -0.05) is 44.2 Å². The second-order valence-corrected chi connectivity index (χ2v) is 7.84. The van der Waals surface area contributed by atoms with Gasteiger partial charge in [0.2, 0.25) is 5.91 Å². The summed E-state index contributed by atoms with van der Waals surface area (Å²) < 4.78 is 5.36. The molecule has 2 aliphatic rings. The van der Waals surface area contributed by atoms with Gasteiger partial charge in [0.1, 0.15) is 6.61 Å². The molecule has 1 aromatic rings. The molecule has 4 amide bonds. The second kappa shape index (κ2) is 9.13. The first-order valence-corrected chi connectivity index (χ1v) is 9.90. The third kappa shape index (κ3) is 4.97. The number of hydrogen-bond acceptors (Lipinski definition) is 5. The molecule has 9 nitrogen and oxygen atoms in total. The predicted octanol–water partition coefficient (Wildman–Crippen LogP) is 1.43. The minimum Gasteiger partial charge on any atom is -0.443 e. The summed E-state index contributed by atoms with van der Waals surface area (Å²) in [4.78, 5) is 37.4. The molecule has 0 spiro atoms. The minimum absolute atomic E-state index is 0.0235. The Morgan fingerprint density at radius 1 is 1.28 bits per heavy atom. The number of hydrogen-bond donors (Lipinski definition) is 3. The maximum Gasteiger partial charge on any atom is 0.431 e. The van der Waals surface area contributed by atoms with Crippen molar-refractivity contribution in [2.24, 2.45) is 11.8 Å². The highest BCUT2D eigenvalue weighted by Crippen LogP contribution is 2.24. The number of nitrogens with zero attached hydrogens (tertiary/aromatic N) is 2. The number of carbonyl (C=O) groups excluding carboxylic acids is 3. The Balaban J connectivity index is 1.74. The molecule has 0 bridgehead atoms. The fraction of sp³-hybridized carbons (Fsp3) is 0.550. The van der Waals surface area contributed by atoms with Crippen LogP contribution >= 0.6 is 0 Å². The van der Waals surface area contributed by atoms with E-state index >= 15 is 0 Å². The van der Waals surface area contributed by atoms with E-state index in [1.165, 1.54) is 5.01 Å². The molecule has 29 heavy (non-hydrogen) atoms. The average Bonchev–Trinajstić information content (AvgIpc) is 3.09. The predicted molar refractivity (Wildman–Crippen MR) is 104 cm³/mol. The van der Waals surface area contributed by atoms with Gasteiger partial charge < -0.3 is 20.5 Å². The maximum atomic E-state index is 12.8. The number of amides is 4. The molecule has 2 aliphatic heterocycles. The molecule has 9 heteroatoms. The smallest absolute Gasteiger partial charge is 0.431 e. The Kier molecular flexibility index (Phi) is 6.58. The fourth-order valence-electron chi connectivity index (χ4n) is 3.58. The monoisotopic (exact) mass is 404 g/mol. The van der Waals surface area contributed by atoms with Gasteiger partial charge in [-0.3, -0.25) is 4.79 Å². The maximum absolute atomic E-state index is 12.8. The molecule has 1 aromatic carbocycles. The lowest BCUT2D eigenvalue weighted by atomic mass is 9.96. The molecule has 0 aliphatic carbocycles. The SMILES string of the molecule is CC(C)CN1C(=O)NC(C[C@@H]2CCNC2=O)C(O)N1C(=O)OCc1ccccc1. The Hall–Kier alpha value is -2.81. The normalized spacial score (nSPS) is 24.5. The summed E-state index contributed by atoms with van der Waals surface area (Å²) in [5, 5.41) is 18.5. The molecule has 3 N–H and O–H groups in total. The van der Waals surface area contributed by atoms with E-state index in [0.29, 0.717) is 13.0 Å². The first-order chi connectivity index (χ1) is 13.9. The number of hydrazine groups is 1. The van der Waals surface area contributed by atoms with Gasteiger partial charge in [-0.25, -0.2) is 14.6 Å². The van der Waals surface area contributed by atoms with E-state index in [-0.39, 0.29) is 37.3 Å². The molecule has 3 rings (SSSR count). The number of benzene rings is 1. The zero-order valence-corrected chi connectivity index (χ0v) is 16.7. The summed E-state index contributed by atoms with van der Waals surface area (Å²) in [7, 11) is 0. The van der Waals surface area contributed by atoms with Gasteiger partial charge in [-0.15, -0.1) is 0 Å². The van der Waals surface area contributed by atoms with Crippen LogP contribution in [0.15, 0.2) is 30.3 Å². The number of aliphatic hydroxyl groups is 1. The fourth-order valence-corrected chi connectivity index (χ4v) is 3.58. The molecule has 2 heterocycles. The van der Waals surface area contributed by atoms with Gasteiger partial charge in [-0.2, -0.15) is 5.01 Å². The second-order valence-electron chi connectivity index (χ2n) is 7.84. The molecule has 0 aromatic heterocycles. The highest BCUT2D eigenvalue weighted by Gasteiger charge is 2.44. The van der Waals surface area contributed by atoms with Crippen LogP contribution in [-0.2, 0) is 16.1 Å². The van der Waals surface area contributed by atoms with Crippen LogP contribution in [0.5, 0.6) is 0 Å². The van der Waals surface area contributed by atoms with Crippen molar-refractivity contribution in [3.8, 4) is 0 Å². The molecule has 2 saturated heterocycles. The topological polar surface area (TPSA) is 111 Å². The van der Waals surface area contributed by atoms with E-state index in [9.17, 15) is 19.5 Å². The molecular formula is C20H28N4O5. The Bertz CT molecular complexity index is 742. The molecule has 2 fully saturated rings. The van der Waals surface area contributed by atoms with E-state index in [2.05, 4.69) is 10.6 Å². The zero-order valence-electron chi connectivity index (χ0n) is 16.7. The molecular weight excluding hydrogens is 376 g/mol. The van der Waals surface area contributed by atoms with Gasteiger partial charge in [0.25, 0.3) is 0 Å². The summed E-state index contributed by atoms with van der Waals surface area (Å²) in [6, 6.07) is 7.91. The lowest BCUT2D eigenvalue weighted by Gasteiger charge is -2.45. The van der Waals surface area contributed by atoms with Crippen LogP contribution in [0, 0.1) is 11.8 Å². The van der Waals surface area contributed by atoms with Crippen LogP contribution in [0.25, 0.3) is 0 Å². The van der Waals surface area contributed by atoms with Crippen LogP contribution in [0.1, 0.15) is 32.3 Å². The summed E-state index contributed by atoms with van der Waals surface area (Å²) in [5.41, 5.74) is 0.798. The standard InChI is InChI=1S/C20H28N4O5/c1-13(2)11-23-19(27)22-16(10-15-8-9-21-17(15)25)18(26)24(23)20(28)29-12-14-6-4-3-5-7-14/h3-7,13,15-16,18,26H,8-12H2,1-2H3,(H,21,25)(H,22,27)/t15-,16?,18?/m0/s1.